The Labute approximate surface area is 104 Å². The average Bonchev–Trinajstić information content (AvgIpc) is 2.52. The van der Waals surface area contributed by atoms with Crippen LogP contribution in [0.4, 0.5) is 0 Å². The van der Waals surface area contributed by atoms with Gasteiger partial charge in [-0.25, -0.2) is 8.42 Å². The Kier molecular flexibility index (Phi) is 3.77. The zero-order valence-corrected chi connectivity index (χ0v) is 11.5. The Morgan fingerprint density at radius 2 is 2.00 bits per heavy atom. The number of sulfone groups is 1. The molecule has 2 fully saturated rings. The fourth-order valence-electron chi connectivity index (χ4n) is 3.03. The molecule has 0 aliphatic carbocycles. The molecule has 3 unspecified atom stereocenters. The van der Waals surface area contributed by atoms with Gasteiger partial charge in [-0.2, -0.15) is 0 Å². The molecule has 0 bridgehead atoms. The van der Waals surface area contributed by atoms with E-state index in [9.17, 15) is 8.42 Å². The van der Waals surface area contributed by atoms with E-state index in [1.165, 1.54) is 0 Å². The fraction of sp³-hybridized carbons (Fsp3) is 1.00. The molecule has 2 aliphatic heterocycles. The molecule has 3 atom stereocenters. The Morgan fingerprint density at radius 1 is 1.29 bits per heavy atom. The van der Waals surface area contributed by atoms with Crippen molar-refractivity contribution in [3.05, 3.63) is 0 Å². The molecule has 2 aliphatic rings. The van der Waals surface area contributed by atoms with Gasteiger partial charge in [0, 0.05) is 37.8 Å². The zero-order chi connectivity index (χ0) is 12.6. The quantitative estimate of drug-likeness (QED) is 0.700. The summed E-state index contributed by atoms with van der Waals surface area (Å²) in [7, 11) is -2.91. The Balaban J connectivity index is 2.01. The van der Waals surface area contributed by atoms with Gasteiger partial charge in [0.25, 0.3) is 0 Å². The van der Waals surface area contributed by atoms with E-state index in [2.05, 4.69) is 23.6 Å². The Hall–Kier alpha value is -0.170. The van der Waals surface area contributed by atoms with E-state index < -0.39 is 9.84 Å². The minimum absolute atomic E-state index is 0.0291. The molecule has 0 saturated carbocycles. The highest BCUT2D eigenvalue weighted by Gasteiger charge is 2.40. The van der Waals surface area contributed by atoms with Crippen molar-refractivity contribution in [1.29, 1.82) is 0 Å². The summed E-state index contributed by atoms with van der Waals surface area (Å²) >= 11 is 0. The first-order valence-corrected chi connectivity index (χ1v) is 8.19. The summed E-state index contributed by atoms with van der Waals surface area (Å²) in [6.07, 6.45) is 0. The average molecular weight is 261 g/mol. The van der Waals surface area contributed by atoms with Gasteiger partial charge in [0.2, 0.25) is 0 Å². The fourth-order valence-corrected chi connectivity index (χ4v) is 4.95. The van der Waals surface area contributed by atoms with Gasteiger partial charge in [0.15, 0.2) is 9.84 Å². The highest BCUT2D eigenvalue weighted by atomic mass is 32.2. The van der Waals surface area contributed by atoms with Crippen LogP contribution in [0.15, 0.2) is 0 Å². The number of piperazine rings is 1. The molecule has 0 aromatic carbocycles. The molecular weight excluding hydrogens is 238 g/mol. The van der Waals surface area contributed by atoms with Gasteiger partial charge in [-0.05, 0) is 13.5 Å². The zero-order valence-electron chi connectivity index (χ0n) is 10.7. The summed E-state index contributed by atoms with van der Waals surface area (Å²) in [6, 6.07) is 0.311. The second-order valence-electron chi connectivity index (χ2n) is 5.28. The molecule has 17 heavy (non-hydrogen) atoms. The molecule has 6 heteroatoms. The number of likely N-dealkylation sites (N-methyl/N-ethyl adjacent to an activating group) is 1. The van der Waals surface area contributed by atoms with Crippen molar-refractivity contribution in [3.63, 3.8) is 0 Å². The number of nitrogens with zero attached hydrogens (tertiary/aromatic N) is 2. The van der Waals surface area contributed by atoms with Crippen LogP contribution in [0.3, 0.4) is 0 Å². The Morgan fingerprint density at radius 3 is 2.47 bits per heavy atom. The number of hydrogen-bond donors (Lipinski definition) is 1. The first-order valence-electron chi connectivity index (χ1n) is 6.37. The van der Waals surface area contributed by atoms with Crippen LogP contribution in [0.1, 0.15) is 13.8 Å². The molecule has 0 spiro atoms. The van der Waals surface area contributed by atoms with E-state index in [1.54, 1.807) is 0 Å². The maximum Gasteiger partial charge on any atom is 0.153 e. The predicted molar refractivity (Wildman–Crippen MR) is 68.7 cm³/mol. The SMILES string of the molecule is CCN1CCN(C2CS(=O)(=O)CC2N)CC1C. The summed E-state index contributed by atoms with van der Waals surface area (Å²) in [5.41, 5.74) is 5.96. The van der Waals surface area contributed by atoms with Crippen molar-refractivity contribution in [3.8, 4) is 0 Å². The van der Waals surface area contributed by atoms with E-state index in [0.29, 0.717) is 6.04 Å². The first kappa shape index (κ1) is 13.3. The van der Waals surface area contributed by atoms with Crippen molar-refractivity contribution in [1.82, 2.24) is 9.80 Å². The van der Waals surface area contributed by atoms with Crippen molar-refractivity contribution in [2.75, 3.05) is 37.7 Å². The standard InChI is InChI=1S/C11H23N3O2S/c1-3-13-4-5-14(6-9(13)2)11-8-17(15,16)7-10(11)12/h9-11H,3-8,12H2,1-2H3. The maximum atomic E-state index is 11.6. The second kappa shape index (κ2) is 4.84. The summed E-state index contributed by atoms with van der Waals surface area (Å²) in [5.74, 6) is 0.396. The topological polar surface area (TPSA) is 66.6 Å². The number of nitrogens with two attached hydrogens (primary N) is 1. The van der Waals surface area contributed by atoms with E-state index in [0.717, 1.165) is 26.2 Å². The smallest absolute Gasteiger partial charge is 0.153 e. The molecule has 2 heterocycles. The third-order valence-corrected chi connectivity index (χ3v) is 5.78. The highest BCUT2D eigenvalue weighted by Crippen LogP contribution is 2.20. The van der Waals surface area contributed by atoms with Crippen LogP contribution in [-0.4, -0.2) is 74.0 Å². The van der Waals surface area contributed by atoms with Crippen LogP contribution in [0.25, 0.3) is 0 Å². The summed E-state index contributed by atoms with van der Waals surface area (Å²) in [4.78, 5) is 4.69. The third-order valence-electron chi connectivity index (χ3n) is 4.04. The van der Waals surface area contributed by atoms with Gasteiger partial charge in [-0.1, -0.05) is 6.92 Å². The molecule has 0 aromatic rings. The normalized spacial score (nSPS) is 39.6. The lowest BCUT2D eigenvalue weighted by molar-refractivity contribution is 0.0613. The van der Waals surface area contributed by atoms with E-state index in [-0.39, 0.29) is 23.6 Å². The molecule has 5 nitrogen and oxygen atoms in total. The van der Waals surface area contributed by atoms with Crippen LogP contribution in [-0.2, 0) is 9.84 Å². The second-order valence-corrected chi connectivity index (χ2v) is 7.43. The minimum Gasteiger partial charge on any atom is -0.325 e. The van der Waals surface area contributed by atoms with Gasteiger partial charge in [-0.15, -0.1) is 0 Å². The highest BCUT2D eigenvalue weighted by molar-refractivity contribution is 7.91. The Bertz CT molecular complexity index is 371. The van der Waals surface area contributed by atoms with Crippen LogP contribution in [0.2, 0.25) is 0 Å². The molecule has 100 valence electrons. The monoisotopic (exact) mass is 261 g/mol. The molecule has 0 radical (unpaired) electrons. The van der Waals surface area contributed by atoms with Crippen molar-refractivity contribution in [2.24, 2.45) is 5.73 Å². The van der Waals surface area contributed by atoms with E-state index >= 15 is 0 Å². The minimum atomic E-state index is -2.91. The summed E-state index contributed by atoms with van der Waals surface area (Å²) in [5, 5.41) is 0. The predicted octanol–water partition coefficient (Wildman–Crippen LogP) is -0.863. The lowest BCUT2D eigenvalue weighted by Gasteiger charge is -2.42. The summed E-state index contributed by atoms with van der Waals surface area (Å²) < 4.78 is 23.2. The van der Waals surface area contributed by atoms with Gasteiger partial charge in [0.05, 0.1) is 11.5 Å². The molecular formula is C11H23N3O2S. The lowest BCUT2D eigenvalue weighted by Crippen LogP contribution is -2.58. The lowest BCUT2D eigenvalue weighted by atomic mass is 10.1. The van der Waals surface area contributed by atoms with Gasteiger partial charge in [0.1, 0.15) is 0 Å². The van der Waals surface area contributed by atoms with Gasteiger partial charge >= 0.3 is 0 Å². The van der Waals surface area contributed by atoms with Crippen molar-refractivity contribution >= 4 is 9.84 Å². The third kappa shape index (κ3) is 2.81. The van der Waals surface area contributed by atoms with Crippen molar-refractivity contribution in [2.45, 2.75) is 32.0 Å². The maximum absolute atomic E-state index is 11.6. The first-order chi connectivity index (χ1) is 7.93. The van der Waals surface area contributed by atoms with E-state index in [4.69, 9.17) is 5.73 Å². The van der Waals surface area contributed by atoms with Crippen LogP contribution in [0.5, 0.6) is 0 Å². The number of rotatable bonds is 2. The molecule has 2 rings (SSSR count). The van der Waals surface area contributed by atoms with Gasteiger partial charge in [-0.3, -0.25) is 9.80 Å². The van der Waals surface area contributed by atoms with Crippen LogP contribution in [0, 0.1) is 0 Å². The molecule has 2 saturated heterocycles. The summed E-state index contributed by atoms with van der Waals surface area (Å²) in [6.45, 7) is 8.31. The number of hydrogen-bond acceptors (Lipinski definition) is 5. The molecule has 2 N–H and O–H groups in total. The van der Waals surface area contributed by atoms with E-state index in [1.807, 2.05) is 0 Å². The van der Waals surface area contributed by atoms with Crippen LogP contribution >= 0.6 is 0 Å². The van der Waals surface area contributed by atoms with Gasteiger partial charge < -0.3 is 5.73 Å². The molecule has 0 aromatic heterocycles. The molecule has 0 amide bonds. The van der Waals surface area contributed by atoms with Crippen molar-refractivity contribution < 1.29 is 8.42 Å². The van der Waals surface area contributed by atoms with Crippen LogP contribution < -0.4 is 5.73 Å². The largest absolute Gasteiger partial charge is 0.325 e.